The standard InChI is InChI=1S/C63H39N5/c1-2-17-40(18-3-1)46-24-10-11-27-50(46)62-64-61(65-63(66-62)51-30-16-22-41-19-4-7-23-47(41)51)43-33-36-45(37-34-43)67-54-31-14-13-29-53(54)59-57(67)39-44-21-6-9-26-49(44)60(59)68-55-32-15-12-28-52(55)58-48-25-8-5-20-42(48)35-38-56(58)68/h1-39H. The van der Waals surface area contributed by atoms with Crippen molar-refractivity contribution in [3.8, 4) is 56.7 Å². The first-order valence-electron chi connectivity index (χ1n) is 23.1. The molecule has 0 atom stereocenters. The molecule has 0 saturated heterocycles. The summed E-state index contributed by atoms with van der Waals surface area (Å²) in [5.74, 6) is 1.87. The van der Waals surface area contributed by atoms with Crippen LogP contribution < -0.4 is 0 Å². The van der Waals surface area contributed by atoms with E-state index in [2.05, 4.69) is 240 Å². The van der Waals surface area contributed by atoms with Gasteiger partial charge >= 0.3 is 0 Å². The van der Waals surface area contributed by atoms with Crippen LogP contribution in [-0.4, -0.2) is 24.1 Å². The molecule has 0 aliphatic carbocycles. The van der Waals surface area contributed by atoms with Crippen LogP contribution in [0.15, 0.2) is 237 Å². The van der Waals surface area contributed by atoms with Gasteiger partial charge in [-0.25, -0.2) is 15.0 Å². The predicted molar refractivity (Wildman–Crippen MR) is 283 cm³/mol. The zero-order valence-electron chi connectivity index (χ0n) is 36.8. The Labute approximate surface area is 391 Å². The van der Waals surface area contributed by atoms with Crippen LogP contribution in [0.3, 0.4) is 0 Å². The van der Waals surface area contributed by atoms with Gasteiger partial charge in [-0.2, -0.15) is 0 Å². The van der Waals surface area contributed by atoms with E-state index < -0.39 is 0 Å². The van der Waals surface area contributed by atoms with Gasteiger partial charge in [0.2, 0.25) is 0 Å². The average molecular weight is 866 g/mol. The number of hydrogen-bond donors (Lipinski definition) is 0. The molecule has 11 aromatic carbocycles. The Bertz CT molecular complexity index is 4310. The van der Waals surface area contributed by atoms with Gasteiger partial charge in [0.25, 0.3) is 0 Å². The summed E-state index contributed by atoms with van der Waals surface area (Å²) in [5.41, 5.74) is 11.9. The molecule has 3 aromatic heterocycles. The van der Waals surface area contributed by atoms with Gasteiger partial charge < -0.3 is 9.13 Å². The average Bonchev–Trinajstić information content (AvgIpc) is 3.93. The highest BCUT2D eigenvalue weighted by atomic mass is 15.0. The van der Waals surface area contributed by atoms with E-state index in [-0.39, 0.29) is 0 Å². The lowest BCUT2D eigenvalue weighted by Gasteiger charge is -2.16. The van der Waals surface area contributed by atoms with E-state index in [9.17, 15) is 0 Å². The maximum atomic E-state index is 5.27. The Morgan fingerprint density at radius 1 is 0.265 bits per heavy atom. The van der Waals surface area contributed by atoms with E-state index in [4.69, 9.17) is 15.0 Å². The van der Waals surface area contributed by atoms with Crippen molar-refractivity contribution in [1.29, 1.82) is 0 Å². The van der Waals surface area contributed by atoms with Gasteiger partial charge in [0.1, 0.15) is 0 Å². The van der Waals surface area contributed by atoms with Crippen molar-refractivity contribution in [2.75, 3.05) is 0 Å². The molecule has 0 saturated carbocycles. The third kappa shape index (κ3) is 5.86. The van der Waals surface area contributed by atoms with E-state index in [0.29, 0.717) is 17.5 Å². The molecule has 0 spiro atoms. The molecular weight excluding hydrogens is 827 g/mol. The molecule has 0 aliphatic rings. The van der Waals surface area contributed by atoms with Crippen LogP contribution in [0.2, 0.25) is 0 Å². The third-order valence-corrected chi connectivity index (χ3v) is 13.7. The summed E-state index contributed by atoms with van der Waals surface area (Å²) in [6.45, 7) is 0. The monoisotopic (exact) mass is 865 g/mol. The van der Waals surface area contributed by atoms with E-state index in [1.54, 1.807) is 0 Å². The van der Waals surface area contributed by atoms with Gasteiger partial charge in [0.15, 0.2) is 17.5 Å². The summed E-state index contributed by atoms with van der Waals surface area (Å²) in [5, 5.41) is 12.0. The van der Waals surface area contributed by atoms with Crippen LogP contribution in [0.1, 0.15) is 0 Å². The van der Waals surface area contributed by atoms with Crippen molar-refractivity contribution in [3.05, 3.63) is 237 Å². The van der Waals surface area contributed by atoms with Crippen LogP contribution >= 0.6 is 0 Å². The number of fused-ring (bicyclic) bond motifs is 10. The van der Waals surface area contributed by atoms with Gasteiger partial charge in [0, 0.05) is 49.3 Å². The van der Waals surface area contributed by atoms with Crippen molar-refractivity contribution in [1.82, 2.24) is 24.1 Å². The van der Waals surface area contributed by atoms with Crippen molar-refractivity contribution in [2.45, 2.75) is 0 Å². The Morgan fingerprint density at radius 2 is 0.794 bits per heavy atom. The normalized spacial score (nSPS) is 11.8. The lowest BCUT2D eigenvalue weighted by Crippen LogP contribution is -2.02. The molecular formula is C63H39N5. The molecule has 0 bridgehead atoms. The minimum atomic E-state index is 0.613. The van der Waals surface area contributed by atoms with E-state index >= 15 is 0 Å². The molecule has 5 nitrogen and oxygen atoms in total. The number of rotatable bonds is 6. The first-order chi connectivity index (χ1) is 33.7. The number of hydrogen-bond acceptors (Lipinski definition) is 3. The fourth-order valence-electron chi connectivity index (χ4n) is 10.7. The molecule has 5 heteroatoms. The second-order valence-electron chi connectivity index (χ2n) is 17.5. The number of nitrogens with zero attached hydrogens (tertiary/aromatic N) is 5. The molecule has 0 N–H and O–H groups in total. The van der Waals surface area contributed by atoms with E-state index in [1.807, 2.05) is 6.07 Å². The lowest BCUT2D eigenvalue weighted by atomic mass is 9.99. The molecule has 68 heavy (non-hydrogen) atoms. The molecule has 14 aromatic rings. The van der Waals surface area contributed by atoms with Crippen LogP contribution in [0.4, 0.5) is 0 Å². The Kier molecular flexibility index (Phi) is 8.52. The van der Waals surface area contributed by atoms with Crippen molar-refractivity contribution < 1.29 is 0 Å². The highest BCUT2D eigenvalue weighted by Gasteiger charge is 2.24. The molecule has 316 valence electrons. The fourth-order valence-corrected chi connectivity index (χ4v) is 10.7. The minimum Gasteiger partial charge on any atom is -0.309 e. The third-order valence-electron chi connectivity index (χ3n) is 13.7. The minimum absolute atomic E-state index is 0.613. The Balaban J connectivity index is 0.989. The fraction of sp³-hybridized carbons (Fsp3) is 0. The summed E-state index contributed by atoms with van der Waals surface area (Å²) in [6.07, 6.45) is 0. The first kappa shape index (κ1) is 38.1. The predicted octanol–water partition coefficient (Wildman–Crippen LogP) is 16.2. The summed E-state index contributed by atoms with van der Waals surface area (Å²) < 4.78 is 4.94. The molecule has 0 amide bonds. The van der Waals surface area contributed by atoms with Crippen molar-refractivity contribution in [2.24, 2.45) is 0 Å². The van der Waals surface area contributed by atoms with Crippen LogP contribution in [0.5, 0.6) is 0 Å². The Hall–Kier alpha value is -9.19. The molecule has 0 aliphatic heterocycles. The van der Waals surface area contributed by atoms with Gasteiger partial charge in [-0.05, 0) is 86.6 Å². The number of benzene rings is 11. The highest BCUT2D eigenvalue weighted by molar-refractivity contribution is 6.25. The smallest absolute Gasteiger partial charge is 0.164 e. The topological polar surface area (TPSA) is 48.5 Å². The highest BCUT2D eigenvalue weighted by Crippen LogP contribution is 2.45. The molecule has 0 fully saturated rings. The second kappa shape index (κ2) is 15.2. The first-order valence-corrected chi connectivity index (χ1v) is 23.1. The second-order valence-corrected chi connectivity index (χ2v) is 17.5. The summed E-state index contributed by atoms with van der Waals surface area (Å²) in [6, 6.07) is 84.5. The maximum absolute atomic E-state index is 5.27. The number of aromatic nitrogens is 5. The summed E-state index contributed by atoms with van der Waals surface area (Å²) in [4.78, 5) is 15.8. The molecule has 3 heterocycles. The lowest BCUT2D eigenvalue weighted by molar-refractivity contribution is 1.08. The van der Waals surface area contributed by atoms with E-state index in [0.717, 1.165) is 55.3 Å². The van der Waals surface area contributed by atoms with Crippen LogP contribution in [0, 0.1) is 0 Å². The largest absolute Gasteiger partial charge is 0.309 e. The van der Waals surface area contributed by atoms with Crippen molar-refractivity contribution in [3.63, 3.8) is 0 Å². The maximum Gasteiger partial charge on any atom is 0.164 e. The van der Waals surface area contributed by atoms with Gasteiger partial charge in [-0.15, -0.1) is 0 Å². The summed E-state index contributed by atoms with van der Waals surface area (Å²) >= 11 is 0. The van der Waals surface area contributed by atoms with Gasteiger partial charge in [0.05, 0.1) is 27.8 Å². The molecule has 14 rings (SSSR count). The van der Waals surface area contributed by atoms with Crippen molar-refractivity contribution >= 4 is 75.9 Å². The zero-order valence-corrected chi connectivity index (χ0v) is 36.8. The van der Waals surface area contributed by atoms with E-state index in [1.165, 1.54) is 59.8 Å². The summed E-state index contributed by atoms with van der Waals surface area (Å²) in [7, 11) is 0. The quantitative estimate of drug-likeness (QED) is 0.167. The zero-order chi connectivity index (χ0) is 44.7. The Morgan fingerprint density at radius 3 is 1.56 bits per heavy atom. The molecule has 0 unspecified atom stereocenters. The van der Waals surface area contributed by atoms with Gasteiger partial charge in [-0.1, -0.05) is 188 Å². The van der Waals surface area contributed by atoms with Crippen LogP contribution in [-0.2, 0) is 0 Å². The van der Waals surface area contributed by atoms with Gasteiger partial charge in [-0.3, -0.25) is 0 Å². The van der Waals surface area contributed by atoms with Crippen LogP contribution in [0.25, 0.3) is 133 Å². The molecule has 0 radical (unpaired) electrons. The SMILES string of the molecule is c1ccc(-c2ccccc2-c2nc(-c3ccc(-n4c5ccccc5c5c(-n6c7ccccc7c7c8ccccc8ccc76)c6ccccc6cc54)cc3)nc(-c3cccc4ccccc34)n2)cc1. The number of para-hydroxylation sites is 2.